The van der Waals surface area contributed by atoms with Crippen LogP contribution in [-0.2, 0) is 0 Å². The van der Waals surface area contributed by atoms with Crippen molar-refractivity contribution in [1.82, 2.24) is 4.98 Å². The minimum Gasteiger partial charge on any atom is -0.384 e. The van der Waals surface area contributed by atoms with Crippen molar-refractivity contribution < 1.29 is 4.79 Å². The summed E-state index contributed by atoms with van der Waals surface area (Å²) in [4.78, 5) is 15.1. The monoisotopic (exact) mass is 277 g/mol. The van der Waals surface area contributed by atoms with Crippen molar-refractivity contribution in [2.75, 3.05) is 17.2 Å². The van der Waals surface area contributed by atoms with Crippen LogP contribution in [0.3, 0.4) is 0 Å². The van der Waals surface area contributed by atoms with Gasteiger partial charge < -0.3 is 15.6 Å². The van der Waals surface area contributed by atoms with Crippen molar-refractivity contribution in [3.05, 3.63) is 46.7 Å². The standard InChI is InChI=1S/C14H16ClN3O/c1-3-16-12-5-4-10(15)8-13(12)18-14(19)11-6-7-17-9(11)2/h4-8,16-17H,3H2,1-2H3,(H,18,19). The van der Waals surface area contributed by atoms with E-state index < -0.39 is 0 Å². The van der Waals surface area contributed by atoms with Gasteiger partial charge in [-0.25, -0.2) is 0 Å². The van der Waals surface area contributed by atoms with Crippen molar-refractivity contribution in [2.24, 2.45) is 0 Å². The third kappa shape index (κ3) is 3.09. The lowest BCUT2D eigenvalue weighted by Crippen LogP contribution is -2.14. The van der Waals surface area contributed by atoms with Gasteiger partial charge in [0.15, 0.2) is 0 Å². The molecular formula is C14H16ClN3O. The SMILES string of the molecule is CCNc1ccc(Cl)cc1NC(=O)c1cc[nH]c1C. The zero-order valence-corrected chi connectivity index (χ0v) is 11.6. The van der Waals surface area contributed by atoms with Gasteiger partial charge in [0.1, 0.15) is 0 Å². The first kappa shape index (κ1) is 13.5. The number of hydrogen-bond donors (Lipinski definition) is 3. The van der Waals surface area contributed by atoms with Gasteiger partial charge in [0.25, 0.3) is 5.91 Å². The highest BCUT2D eigenvalue weighted by Crippen LogP contribution is 2.26. The van der Waals surface area contributed by atoms with Gasteiger partial charge in [-0.1, -0.05) is 11.6 Å². The first-order chi connectivity index (χ1) is 9.11. The predicted octanol–water partition coefficient (Wildman–Crippen LogP) is 3.66. The van der Waals surface area contributed by atoms with Crippen molar-refractivity contribution in [3.63, 3.8) is 0 Å². The molecule has 1 aromatic heterocycles. The van der Waals surface area contributed by atoms with Crippen molar-refractivity contribution >= 4 is 28.9 Å². The molecule has 0 radical (unpaired) electrons. The third-order valence-corrected chi connectivity index (χ3v) is 3.03. The lowest BCUT2D eigenvalue weighted by Gasteiger charge is -2.12. The fourth-order valence-corrected chi connectivity index (χ4v) is 2.02. The molecule has 0 saturated carbocycles. The van der Waals surface area contributed by atoms with Gasteiger partial charge in [0, 0.05) is 23.5 Å². The van der Waals surface area contributed by atoms with E-state index in [4.69, 9.17) is 11.6 Å². The number of aromatic nitrogens is 1. The molecule has 0 aliphatic heterocycles. The van der Waals surface area contributed by atoms with E-state index in [1.807, 2.05) is 19.9 Å². The molecule has 0 unspecified atom stereocenters. The molecule has 0 aliphatic rings. The number of aromatic amines is 1. The second-order valence-electron chi connectivity index (χ2n) is 4.19. The Morgan fingerprint density at radius 2 is 2.11 bits per heavy atom. The Balaban J connectivity index is 2.25. The molecule has 1 heterocycles. The highest BCUT2D eigenvalue weighted by atomic mass is 35.5. The number of carbonyl (C=O) groups is 1. The van der Waals surface area contributed by atoms with Crippen molar-refractivity contribution in [1.29, 1.82) is 0 Å². The number of hydrogen-bond acceptors (Lipinski definition) is 2. The molecular weight excluding hydrogens is 262 g/mol. The minimum absolute atomic E-state index is 0.153. The molecule has 1 aromatic carbocycles. The number of rotatable bonds is 4. The molecule has 2 aromatic rings. The molecule has 0 saturated heterocycles. The van der Waals surface area contributed by atoms with Crippen LogP contribution in [0.25, 0.3) is 0 Å². The molecule has 1 amide bonds. The van der Waals surface area contributed by atoms with Crippen molar-refractivity contribution in [2.45, 2.75) is 13.8 Å². The number of anilines is 2. The maximum Gasteiger partial charge on any atom is 0.257 e. The number of H-pyrrole nitrogens is 1. The maximum absolute atomic E-state index is 12.2. The fraction of sp³-hybridized carbons (Fsp3) is 0.214. The molecule has 0 fully saturated rings. The van der Waals surface area contributed by atoms with E-state index in [0.29, 0.717) is 16.3 Å². The highest BCUT2D eigenvalue weighted by molar-refractivity contribution is 6.31. The Kier molecular flexibility index (Phi) is 4.12. The van der Waals surface area contributed by atoms with Crippen LogP contribution >= 0.6 is 11.6 Å². The van der Waals surface area contributed by atoms with Gasteiger partial charge in [-0.2, -0.15) is 0 Å². The molecule has 100 valence electrons. The fourth-order valence-electron chi connectivity index (χ4n) is 1.85. The average Bonchev–Trinajstić information content (AvgIpc) is 2.79. The second-order valence-corrected chi connectivity index (χ2v) is 4.63. The molecule has 3 N–H and O–H groups in total. The Morgan fingerprint density at radius 1 is 1.32 bits per heavy atom. The summed E-state index contributed by atoms with van der Waals surface area (Å²) in [6.45, 7) is 4.63. The summed E-state index contributed by atoms with van der Waals surface area (Å²) in [5, 5.41) is 6.65. The van der Waals surface area contributed by atoms with Crippen LogP contribution in [0, 0.1) is 6.92 Å². The molecule has 0 bridgehead atoms. The molecule has 0 spiro atoms. The summed E-state index contributed by atoms with van der Waals surface area (Å²) in [6, 6.07) is 7.13. The number of nitrogens with one attached hydrogen (secondary N) is 3. The van der Waals surface area contributed by atoms with E-state index in [-0.39, 0.29) is 5.91 Å². The Morgan fingerprint density at radius 3 is 2.74 bits per heavy atom. The maximum atomic E-state index is 12.2. The Labute approximate surface area is 117 Å². The van der Waals surface area contributed by atoms with Crippen LogP contribution in [0.1, 0.15) is 23.0 Å². The van der Waals surface area contributed by atoms with E-state index in [2.05, 4.69) is 15.6 Å². The van der Waals surface area contributed by atoms with Gasteiger partial charge >= 0.3 is 0 Å². The lowest BCUT2D eigenvalue weighted by atomic mass is 10.2. The number of halogens is 1. The summed E-state index contributed by atoms with van der Waals surface area (Å²) >= 11 is 5.97. The summed E-state index contributed by atoms with van der Waals surface area (Å²) in [5.41, 5.74) is 3.00. The van der Waals surface area contributed by atoms with Gasteiger partial charge in [0.05, 0.1) is 16.9 Å². The van der Waals surface area contributed by atoms with Gasteiger partial charge in [-0.05, 0) is 38.1 Å². The Hall–Kier alpha value is -1.94. The van der Waals surface area contributed by atoms with Crippen LogP contribution in [0.2, 0.25) is 5.02 Å². The van der Waals surface area contributed by atoms with E-state index in [1.165, 1.54) is 0 Å². The highest BCUT2D eigenvalue weighted by Gasteiger charge is 2.12. The Bertz CT molecular complexity index is 592. The number of benzene rings is 1. The number of carbonyl (C=O) groups excluding carboxylic acids is 1. The number of amides is 1. The van der Waals surface area contributed by atoms with Crippen molar-refractivity contribution in [3.8, 4) is 0 Å². The second kappa shape index (κ2) is 5.80. The molecule has 2 rings (SSSR count). The van der Waals surface area contributed by atoms with E-state index >= 15 is 0 Å². The van der Waals surface area contributed by atoms with Crippen LogP contribution in [0.5, 0.6) is 0 Å². The van der Waals surface area contributed by atoms with Crippen LogP contribution in [-0.4, -0.2) is 17.4 Å². The smallest absolute Gasteiger partial charge is 0.257 e. The zero-order valence-electron chi connectivity index (χ0n) is 10.9. The zero-order chi connectivity index (χ0) is 13.8. The van der Waals surface area contributed by atoms with Gasteiger partial charge in [-0.15, -0.1) is 0 Å². The molecule has 19 heavy (non-hydrogen) atoms. The van der Waals surface area contributed by atoms with E-state index in [1.54, 1.807) is 24.4 Å². The van der Waals surface area contributed by atoms with Crippen LogP contribution < -0.4 is 10.6 Å². The van der Waals surface area contributed by atoms with E-state index in [9.17, 15) is 4.79 Å². The topological polar surface area (TPSA) is 56.9 Å². The summed E-state index contributed by atoms with van der Waals surface area (Å²) in [7, 11) is 0. The van der Waals surface area contributed by atoms with E-state index in [0.717, 1.165) is 17.9 Å². The first-order valence-electron chi connectivity index (χ1n) is 6.10. The molecule has 0 atom stereocenters. The van der Waals surface area contributed by atoms with Gasteiger partial charge in [-0.3, -0.25) is 4.79 Å². The van der Waals surface area contributed by atoms with Crippen LogP contribution in [0.4, 0.5) is 11.4 Å². The lowest BCUT2D eigenvalue weighted by molar-refractivity contribution is 0.102. The quantitative estimate of drug-likeness (QED) is 0.799. The normalized spacial score (nSPS) is 10.3. The van der Waals surface area contributed by atoms with Crippen LogP contribution in [0.15, 0.2) is 30.5 Å². The molecule has 0 aliphatic carbocycles. The van der Waals surface area contributed by atoms with Gasteiger partial charge in [0.2, 0.25) is 0 Å². The minimum atomic E-state index is -0.153. The summed E-state index contributed by atoms with van der Waals surface area (Å²) in [5.74, 6) is -0.153. The largest absolute Gasteiger partial charge is 0.384 e. The summed E-state index contributed by atoms with van der Waals surface area (Å²) < 4.78 is 0. The third-order valence-electron chi connectivity index (χ3n) is 2.80. The summed E-state index contributed by atoms with van der Waals surface area (Å²) in [6.07, 6.45) is 1.74. The molecule has 4 nitrogen and oxygen atoms in total. The number of aryl methyl sites for hydroxylation is 1. The predicted molar refractivity (Wildman–Crippen MR) is 79.1 cm³/mol. The first-order valence-corrected chi connectivity index (χ1v) is 6.48. The molecule has 5 heteroatoms. The average molecular weight is 278 g/mol.